The van der Waals surface area contributed by atoms with Gasteiger partial charge in [0.15, 0.2) is 0 Å². The normalized spacial score (nSPS) is 20.8. The maximum atomic E-state index is 2.45. The zero-order chi connectivity index (χ0) is 12.4. The van der Waals surface area contributed by atoms with Crippen molar-refractivity contribution in [2.75, 3.05) is 0 Å². The molecular weight excluding hydrogens is 216 g/mol. The molecular formula is C18H24. The largest absolute Gasteiger partial charge is 0.0764 e. The molecule has 0 saturated carbocycles. The Morgan fingerprint density at radius 1 is 1.11 bits per heavy atom. The van der Waals surface area contributed by atoms with Gasteiger partial charge in [0.2, 0.25) is 0 Å². The Labute approximate surface area is 111 Å². The van der Waals surface area contributed by atoms with Crippen LogP contribution in [0.4, 0.5) is 0 Å². The number of aryl methyl sites for hydroxylation is 1. The minimum absolute atomic E-state index is 0.722. The van der Waals surface area contributed by atoms with Crippen LogP contribution in [0.3, 0.4) is 0 Å². The molecule has 2 aliphatic carbocycles. The van der Waals surface area contributed by atoms with Crippen LogP contribution in [-0.2, 0) is 12.8 Å². The maximum absolute atomic E-state index is 2.45. The van der Waals surface area contributed by atoms with Gasteiger partial charge >= 0.3 is 0 Å². The number of benzene rings is 1. The number of hydrogen-bond acceptors (Lipinski definition) is 0. The number of allylic oxidation sites excluding steroid dienone is 1. The van der Waals surface area contributed by atoms with Crippen molar-refractivity contribution in [2.24, 2.45) is 0 Å². The van der Waals surface area contributed by atoms with Crippen LogP contribution in [0.2, 0.25) is 0 Å². The minimum Gasteiger partial charge on any atom is -0.0764 e. The average Bonchev–Trinajstić information content (AvgIpc) is 2.83. The molecule has 1 atom stereocenters. The summed E-state index contributed by atoms with van der Waals surface area (Å²) in [5.41, 5.74) is 6.56. The van der Waals surface area contributed by atoms with E-state index in [-0.39, 0.29) is 0 Å². The third kappa shape index (κ3) is 2.13. The van der Waals surface area contributed by atoms with Gasteiger partial charge in [-0.15, -0.1) is 0 Å². The summed E-state index contributed by atoms with van der Waals surface area (Å²) in [7, 11) is 0. The summed E-state index contributed by atoms with van der Waals surface area (Å²) in [4.78, 5) is 0. The summed E-state index contributed by atoms with van der Waals surface area (Å²) in [6.07, 6.45) is 15.7. The molecule has 18 heavy (non-hydrogen) atoms. The molecule has 2 aliphatic rings. The van der Waals surface area contributed by atoms with Crippen molar-refractivity contribution in [2.45, 2.75) is 64.2 Å². The van der Waals surface area contributed by atoms with Crippen molar-refractivity contribution >= 4 is 6.08 Å². The summed E-state index contributed by atoms with van der Waals surface area (Å²) in [5, 5.41) is 0. The first-order valence-corrected chi connectivity index (χ1v) is 7.73. The number of rotatable bonds is 4. The van der Waals surface area contributed by atoms with E-state index in [1.165, 1.54) is 56.9 Å². The molecule has 0 spiro atoms. The van der Waals surface area contributed by atoms with E-state index in [0.717, 1.165) is 5.92 Å². The van der Waals surface area contributed by atoms with Crippen molar-refractivity contribution in [1.29, 1.82) is 0 Å². The minimum atomic E-state index is 0.722. The first-order valence-electron chi connectivity index (χ1n) is 7.73. The van der Waals surface area contributed by atoms with Gasteiger partial charge in [-0.3, -0.25) is 0 Å². The van der Waals surface area contributed by atoms with Crippen molar-refractivity contribution < 1.29 is 0 Å². The highest BCUT2D eigenvalue weighted by atomic mass is 14.3. The lowest BCUT2D eigenvalue weighted by atomic mass is 9.82. The lowest BCUT2D eigenvalue weighted by molar-refractivity contribution is 0.618. The van der Waals surface area contributed by atoms with Crippen LogP contribution in [0.5, 0.6) is 0 Å². The Bertz CT molecular complexity index is 453. The van der Waals surface area contributed by atoms with E-state index >= 15 is 0 Å². The van der Waals surface area contributed by atoms with Gasteiger partial charge in [-0.2, -0.15) is 0 Å². The Kier molecular flexibility index (Phi) is 3.54. The SMILES string of the molecule is CCCCCC1C=Cc2ccc3c(c21)CCCC3. The number of hydrogen-bond donors (Lipinski definition) is 0. The van der Waals surface area contributed by atoms with Gasteiger partial charge in [-0.1, -0.05) is 50.5 Å². The zero-order valence-corrected chi connectivity index (χ0v) is 11.5. The summed E-state index contributed by atoms with van der Waals surface area (Å²) in [5.74, 6) is 0.722. The molecule has 0 fully saturated rings. The molecule has 0 nitrogen and oxygen atoms in total. The second kappa shape index (κ2) is 5.30. The Morgan fingerprint density at radius 3 is 2.89 bits per heavy atom. The van der Waals surface area contributed by atoms with Gasteiger partial charge in [-0.05, 0) is 54.4 Å². The van der Waals surface area contributed by atoms with Crippen LogP contribution in [-0.4, -0.2) is 0 Å². The number of unbranched alkanes of at least 4 members (excludes halogenated alkanes) is 2. The molecule has 0 heteroatoms. The van der Waals surface area contributed by atoms with Crippen LogP contribution in [0, 0.1) is 0 Å². The third-order valence-electron chi connectivity index (χ3n) is 4.61. The standard InChI is InChI=1S/C18H24/c1-2-3-4-8-15-12-13-16-11-10-14-7-5-6-9-17(14)18(15)16/h10-13,15H,2-9H2,1H3. The smallest absolute Gasteiger partial charge is 0.00300 e. The predicted molar refractivity (Wildman–Crippen MR) is 79.0 cm³/mol. The molecule has 96 valence electrons. The molecule has 3 rings (SSSR count). The average molecular weight is 240 g/mol. The van der Waals surface area contributed by atoms with Crippen molar-refractivity contribution in [1.82, 2.24) is 0 Å². The van der Waals surface area contributed by atoms with Crippen LogP contribution < -0.4 is 0 Å². The summed E-state index contributed by atoms with van der Waals surface area (Å²) >= 11 is 0. The van der Waals surface area contributed by atoms with E-state index < -0.39 is 0 Å². The molecule has 0 radical (unpaired) electrons. The van der Waals surface area contributed by atoms with Gasteiger partial charge in [0.25, 0.3) is 0 Å². The molecule has 0 bridgehead atoms. The van der Waals surface area contributed by atoms with Crippen LogP contribution in [0.1, 0.15) is 73.6 Å². The molecule has 0 N–H and O–H groups in total. The first-order chi connectivity index (χ1) is 8.90. The predicted octanol–water partition coefficient (Wildman–Crippen LogP) is 5.26. The van der Waals surface area contributed by atoms with Gasteiger partial charge in [0.05, 0.1) is 0 Å². The second-order valence-electron chi connectivity index (χ2n) is 5.87. The van der Waals surface area contributed by atoms with Gasteiger partial charge < -0.3 is 0 Å². The number of fused-ring (bicyclic) bond motifs is 3. The Hall–Kier alpha value is -1.04. The van der Waals surface area contributed by atoms with E-state index in [0.29, 0.717) is 0 Å². The van der Waals surface area contributed by atoms with E-state index in [4.69, 9.17) is 0 Å². The highest BCUT2D eigenvalue weighted by Gasteiger charge is 2.23. The van der Waals surface area contributed by atoms with Crippen LogP contribution >= 0.6 is 0 Å². The maximum Gasteiger partial charge on any atom is 0.00300 e. The molecule has 0 amide bonds. The molecule has 1 aromatic rings. The highest BCUT2D eigenvalue weighted by molar-refractivity contribution is 5.66. The first kappa shape index (κ1) is 12.0. The fourth-order valence-corrected chi connectivity index (χ4v) is 3.63. The van der Waals surface area contributed by atoms with E-state index in [1.807, 2.05) is 0 Å². The summed E-state index contributed by atoms with van der Waals surface area (Å²) < 4.78 is 0. The lowest BCUT2D eigenvalue weighted by Gasteiger charge is -2.22. The van der Waals surface area contributed by atoms with Crippen molar-refractivity contribution in [3.8, 4) is 0 Å². The third-order valence-corrected chi connectivity index (χ3v) is 4.61. The topological polar surface area (TPSA) is 0 Å². The van der Waals surface area contributed by atoms with Crippen LogP contribution in [0.15, 0.2) is 18.2 Å². The molecule has 1 aromatic carbocycles. The molecule has 0 aliphatic heterocycles. The van der Waals surface area contributed by atoms with Gasteiger partial charge in [-0.25, -0.2) is 0 Å². The van der Waals surface area contributed by atoms with E-state index in [1.54, 1.807) is 16.7 Å². The zero-order valence-electron chi connectivity index (χ0n) is 11.5. The molecule has 0 aromatic heterocycles. The van der Waals surface area contributed by atoms with E-state index in [2.05, 4.69) is 31.2 Å². The quantitative estimate of drug-likeness (QED) is 0.630. The monoisotopic (exact) mass is 240 g/mol. The van der Waals surface area contributed by atoms with Crippen LogP contribution in [0.25, 0.3) is 6.08 Å². The van der Waals surface area contributed by atoms with E-state index in [9.17, 15) is 0 Å². The molecule has 0 heterocycles. The Balaban J connectivity index is 1.86. The molecule has 1 unspecified atom stereocenters. The second-order valence-corrected chi connectivity index (χ2v) is 5.87. The summed E-state index contributed by atoms with van der Waals surface area (Å²) in [6, 6.07) is 4.74. The van der Waals surface area contributed by atoms with Gasteiger partial charge in [0, 0.05) is 5.92 Å². The van der Waals surface area contributed by atoms with Crippen molar-refractivity contribution in [3.63, 3.8) is 0 Å². The molecule has 0 saturated heterocycles. The fraction of sp³-hybridized carbons (Fsp3) is 0.556. The Morgan fingerprint density at radius 2 is 2.00 bits per heavy atom. The fourth-order valence-electron chi connectivity index (χ4n) is 3.63. The lowest BCUT2D eigenvalue weighted by Crippen LogP contribution is -2.08. The highest BCUT2D eigenvalue weighted by Crippen LogP contribution is 2.39. The van der Waals surface area contributed by atoms with Gasteiger partial charge in [0.1, 0.15) is 0 Å². The summed E-state index contributed by atoms with van der Waals surface area (Å²) in [6.45, 7) is 2.29. The van der Waals surface area contributed by atoms with Crippen molar-refractivity contribution in [3.05, 3.63) is 40.5 Å².